The Kier molecular flexibility index (Phi) is 1.85. The molecule has 0 aromatic carbocycles. The second-order valence-electron chi connectivity index (χ2n) is 2.01. The maximum absolute atomic E-state index is 10.3. The van der Waals surface area contributed by atoms with Crippen molar-refractivity contribution >= 4 is 5.97 Å². The molecule has 3 nitrogen and oxygen atoms in total. The fourth-order valence-corrected chi connectivity index (χ4v) is 0.797. The van der Waals surface area contributed by atoms with Crippen LogP contribution in [-0.4, -0.2) is 23.7 Å². The van der Waals surface area contributed by atoms with E-state index in [0.717, 1.165) is 0 Å². The average Bonchev–Trinajstić information content (AvgIpc) is 1.90. The smallest absolute Gasteiger partial charge is 0.321 e. The van der Waals surface area contributed by atoms with E-state index in [1.54, 1.807) is 0 Å². The van der Waals surface area contributed by atoms with Gasteiger partial charge in [0.2, 0.25) is 0 Å². The first-order chi connectivity index (χ1) is 4.30. The summed E-state index contributed by atoms with van der Waals surface area (Å²) in [6.07, 6.45) is 4.42. The molecule has 0 radical (unpaired) electrons. The Balaban J connectivity index is 2.44. The zero-order valence-electron chi connectivity index (χ0n) is 5.00. The van der Waals surface area contributed by atoms with Gasteiger partial charge in [-0.25, -0.2) is 0 Å². The summed E-state index contributed by atoms with van der Waals surface area (Å²) < 4.78 is 0. The van der Waals surface area contributed by atoms with Crippen LogP contribution in [0.2, 0.25) is 0 Å². The third kappa shape index (κ3) is 1.54. The molecule has 9 heavy (non-hydrogen) atoms. The summed E-state index contributed by atoms with van der Waals surface area (Å²) in [6, 6.07) is -0.366. The lowest BCUT2D eigenvalue weighted by molar-refractivity contribution is -0.139. The van der Waals surface area contributed by atoms with Crippen molar-refractivity contribution in [2.45, 2.75) is 12.5 Å². The van der Waals surface area contributed by atoms with Gasteiger partial charge in [-0.05, 0) is 6.42 Å². The van der Waals surface area contributed by atoms with Crippen LogP contribution in [0.3, 0.4) is 0 Å². The van der Waals surface area contributed by atoms with Crippen molar-refractivity contribution in [2.24, 2.45) is 0 Å². The SMILES string of the molecule is O=C(O)C1CC=CCN1. The molecule has 0 aromatic rings. The van der Waals surface area contributed by atoms with Crippen LogP contribution in [0.25, 0.3) is 0 Å². The van der Waals surface area contributed by atoms with Gasteiger partial charge in [-0.2, -0.15) is 0 Å². The normalized spacial score (nSPS) is 26.0. The van der Waals surface area contributed by atoms with Crippen LogP contribution >= 0.6 is 0 Å². The molecule has 0 spiro atoms. The van der Waals surface area contributed by atoms with Crippen LogP contribution in [0.5, 0.6) is 0 Å². The van der Waals surface area contributed by atoms with Crippen LogP contribution < -0.4 is 5.32 Å². The van der Waals surface area contributed by atoms with Crippen molar-refractivity contribution in [1.82, 2.24) is 5.32 Å². The van der Waals surface area contributed by atoms with E-state index in [4.69, 9.17) is 5.11 Å². The number of hydrogen-bond acceptors (Lipinski definition) is 2. The minimum absolute atomic E-state index is 0.366. The van der Waals surface area contributed by atoms with E-state index >= 15 is 0 Å². The number of carboxylic acids is 1. The Bertz CT molecular complexity index is 142. The molecular weight excluding hydrogens is 118 g/mol. The summed E-state index contributed by atoms with van der Waals surface area (Å²) in [4.78, 5) is 10.3. The molecule has 1 atom stereocenters. The molecule has 1 aliphatic heterocycles. The average molecular weight is 127 g/mol. The molecule has 1 rings (SSSR count). The second-order valence-corrected chi connectivity index (χ2v) is 2.01. The van der Waals surface area contributed by atoms with E-state index in [2.05, 4.69) is 5.32 Å². The van der Waals surface area contributed by atoms with Gasteiger partial charge < -0.3 is 10.4 Å². The van der Waals surface area contributed by atoms with E-state index in [9.17, 15) is 4.79 Å². The summed E-state index contributed by atoms with van der Waals surface area (Å²) in [5.41, 5.74) is 0. The van der Waals surface area contributed by atoms with Gasteiger partial charge in [-0.15, -0.1) is 0 Å². The molecule has 1 heterocycles. The molecule has 0 fully saturated rings. The number of rotatable bonds is 1. The highest BCUT2D eigenvalue weighted by Crippen LogP contribution is 1.97. The Labute approximate surface area is 53.4 Å². The lowest BCUT2D eigenvalue weighted by Gasteiger charge is -2.13. The molecule has 3 heteroatoms. The number of carbonyl (C=O) groups is 1. The lowest BCUT2D eigenvalue weighted by atomic mass is 10.1. The zero-order chi connectivity index (χ0) is 6.69. The van der Waals surface area contributed by atoms with Gasteiger partial charge in [0.25, 0.3) is 0 Å². The van der Waals surface area contributed by atoms with Crippen molar-refractivity contribution in [3.63, 3.8) is 0 Å². The Morgan fingerprint density at radius 2 is 2.44 bits per heavy atom. The van der Waals surface area contributed by atoms with Crippen molar-refractivity contribution < 1.29 is 9.90 Å². The topological polar surface area (TPSA) is 49.3 Å². The summed E-state index contributed by atoms with van der Waals surface area (Å²) in [5.74, 6) is -0.764. The van der Waals surface area contributed by atoms with Gasteiger partial charge in [0.15, 0.2) is 0 Å². The van der Waals surface area contributed by atoms with Gasteiger partial charge in [0, 0.05) is 6.54 Å². The van der Waals surface area contributed by atoms with Crippen molar-refractivity contribution in [3.8, 4) is 0 Å². The van der Waals surface area contributed by atoms with Crippen LogP contribution in [0.15, 0.2) is 12.2 Å². The van der Waals surface area contributed by atoms with E-state index in [1.165, 1.54) is 0 Å². The maximum atomic E-state index is 10.3. The highest BCUT2D eigenvalue weighted by Gasteiger charge is 2.15. The van der Waals surface area contributed by atoms with E-state index in [0.29, 0.717) is 13.0 Å². The van der Waals surface area contributed by atoms with Crippen molar-refractivity contribution in [1.29, 1.82) is 0 Å². The second kappa shape index (κ2) is 2.64. The largest absolute Gasteiger partial charge is 0.480 e. The van der Waals surface area contributed by atoms with Crippen LogP contribution in [0, 0.1) is 0 Å². The molecule has 1 aliphatic rings. The Morgan fingerprint density at radius 3 is 2.78 bits per heavy atom. The fourth-order valence-electron chi connectivity index (χ4n) is 0.797. The zero-order valence-corrected chi connectivity index (χ0v) is 5.00. The minimum atomic E-state index is -0.764. The Morgan fingerprint density at radius 1 is 1.67 bits per heavy atom. The van der Waals surface area contributed by atoms with Crippen LogP contribution in [-0.2, 0) is 4.79 Å². The maximum Gasteiger partial charge on any atom is 0.321 e. The highest BCUT2D eigenvalue weighted by atomic mass is 16.4. The van der Waals surface area contributed by atoms with Crippen LogP contribution in [0.4, 0.5) is 0 Å². The van der Waals surface area contributed by atoms with E-state index in [1.807, 2.05) is 12.2 Å². The van der Waals surface area contributed by atoms with Gasteiger partial charge in [-0.3, -0.25) is 4.79 Å². The van der Waals surface area contributed by atoms with Gasteiger partial charge in [0.05, 0.1) is 0 Å². The molecular formula is C6H9NO2. The summed E-state index contributed by atoms with van der Waals surface area (Å²) in [7, 11) is 0. The summed E-state index contributed by atoms with van der Waals surface area (Å²) >= 11 is 0. The predicted octanol–water partition coefficient (Wildman–Crippen LogP) is -0.0109. The van der Waals surface area contributed by atoms with Crippen molar-refractivity contribution in [3.05, 3.63) is 12.2 Å². The van der Waals surface area contributed by atoms with Crippen molar-refractivity contribution in [2.75, 3.05) is 6.54 Å². The molecule has 0 bridgehead atoms. The van der Waals surface area contributed by atoms with Gasteiger partial charge >= 0.3 is 5.97 Å². The number of aliphatic carboxylic acids is 1. The van der Waals surface area contributed by atoms with Crippen LogP contribution in [0.1, 0.15) is 6.42 Å². The molecule has 0 saturated carbocycles. The third-order valence-electron chi connectivity index (χ3n) is 1.32. The first kappa shape index (κ1) is 6.29. The van der Waals surface area contributed by atoms with E-state index < -0.39 is 5.97 Å². The first-order valence-electron chi connectivity index (χ1n) is 2.92. The number of nitrogens with one attached hydrogen (secondary N) is 1. The highest BCUT2D eigenvalue weighted by molar-refractivity contribution is 5.73. The molecule has 50 valence electrons. The summed E-state index contributed by atoms with van der Waals surface area (Å²) in [6.45, 7) is 0.678. The summed E-state index contributed by atoms with van der Waals surface area (Å²) in [5, 5.41) is 11.3. The molecule has 0 amide bonds. The monoisotopic (exact) mass is 127 g/mol. The Hall–Kier alpha value is -0.830. The molecule has 0 aliphatic carbocycles. The number of hydrogen-bond donors (Lipinski definition) is 2. The molecule has 0 aromatic heterocycles. The van der Waals surface area contributed by atoms with Gasteiger partial charge in [-0.1, -0.05) is 12.2 Å². The minimum Gasteiger partial charge on any atom is -0.480 e. The molecule has 1 unspecified atom stereocenters. The lowest BCUT2D eigenvalue weighted by Crippen LogP contribution is -2.38. The number of carboxylic acid groups (broad SMARTS) is 1. The molecule has 0 saturated heterocycles. The quantitative estimate of drug-likeness (QED) is 0.487. The van der Waals surface area contributed by atoms with Gasteiger partial charge in [0.1, 0.15) is 6.04 Å². The standard InChI is InChI=1S/C6H9NO2/c8-6(9)5-3-1-2-4-7-5/h1-2,5,7H,3-4H2,(H,8,9). The van der Waals surface area contributed by atoms with E-state index in [-0.39, 0.29) is 6.04 Å². The molecule has 2 N–H and O–H groups in total. The fraction of sp³-hybridized carbons (Fsp3) is 0.500. The first-order valence-corrected chi connectivity index (χ1v) is 2.92. The third-order valence-corrected chi connectivity index (χ3v) is 1.32. The predicted molar refractivity (Wildman–Crippen MR) is 33.2 cm³/mol.